The average Bonchev–Trinajstić information content (AvgIpc) is 2.03. The molecule has 1 aliphatic rings. The molecule has 1 rings (SSSR count). The molecule has 0 atom stereocenters. The summed E-state index contributed by atoms with van der Waals surface area (Å²) in [7, 11) is 0. The van der Waals surface area contributed by atoms with E-state index in [4.69, 9.17) is 5.53 Å². The lowest BCUT2D eigenvalue weighted by Gasteiger charge is -2.17. The summed E-state index contributed by atoms with van der Waals surface area (Å²) in [6, 6.07) is 0. The Morgan fingerprint density at radius 1 is 1.30 bits per heavy atom. The zero-order valence-electron chi connectivity index (χ0n) is 5.86. The third-order valence-electron chi connectivity index (χ3n) is 1.78. The smallest absolute Gasteiger partial charge is 0.0119 e. The highest BCUT2D eigenvalue weighted by atomic mass is 32.2. The molecule has 0 amide bonds. The third kappa shape index (κ3) is 2.50. The first-order chi connectivity index (χ1) is 4.93. The molecule has 0 aromatic rings. The van der Waals surface area contributed by atoms with Gasteiger partial charge in [-0.2, -0.15) is 0 Å². The number of hydrogen-bond acceptors (Lipinski definition) is 2. The molecule has 0 radical (unpaired) electrons. The van der Waals surface area contributed by atoms with Gasteiger partial charge in [-0.25, -0.2) is 0 Å². The molecule has 1 fully saturated rings. The molecular weight excluding hydrogens is 146 g/mol. The summed E-state index contributed by atoms with van der Waals surface area (Å²) in [4.78, 5) is 2.72. The van der Waals surface area contributed by atoms with Crippen molar-refractivity contribution in [2.24, 2.45) is 4.52 Å². The molecule has 0 N–H and O–H groups in total. The van der Waals surface area contributed by atoms with E-state index in [1.807, 2.05) is 0 Å². The first kappa shape index (κ1) is 7.76. The van der Waals surface area contributed by atoms with Crippen LogP contribution in [0.1, 0.15) is 32.1 Å². The van der Waals surface area contributed by atoms with Crippen molar-refractivity contribution in [3.8, 4) is 0 Å². The second kappa shape index (κ2) is 4.47. The zero-order valence-corrected chi connectivity index (χ0v) is 6.68. The molecule has 1 aliphatic carbocycles. The van der Waals surface area contributed by atoms with Crippen LogP contribution in [0.3, 0.4) is 0 Å². The topological polar surface area (TPSA) is 48.8 Å². The van der Waals surface area contributed by atoms with E-state index in [0.29, 0.717) is 5.25 Å². The lowest BCUT2D eigenvalue weighted by molar-refractivity contribution is 0.516. The maximum Gasteiger partial charge on any atom is 0.0119 e. The highest BCUT2D eigenvalue weighted by Crippen LogP contribution is 2.28. The number of hydrogen-bond donors (Lipinski definition) is 0. The van der Waals surface area contributed by atoms with Crippen LogP contribution >= 0.6 is 11.9 Å². The van der Waals surface area contributed by atoms with E-state index < -0.39 is 0 Å². The maximum atomic E-state index is 8.03. The molecule has 0 saturated heterocycles. The molecule has 56 valence electrons. The van der Waals surface area contributed by atoms with Crippen LogP contribution in [0.2, 0.25) is 0 Å². The molecule has 10 heavy (non-hydrogen) atoms. The van der Waals surface area contributed by atoms with Gasteiger partial charge in [0.15, 0.2) is 0 Å². The Kier molecular flexibility index (Phi) is 3.47. The molecule has 0 bridgehead atoms. The van der Waals surface area contributed by atoms with Crippen molar-refractivity contribution in [2.45, 2.75) is 37.4 Å². The van der Waals surface area contributed by atoms with Crippen LogP contribution in [0, 0.1) is 0 Å². The fourth-order valence-corrected chi connectivity index (χ4v) is 1.98. The fraction of sp³-hybridized carbons (Fsp3) is 1.00. The predicted octanol–water partition coefficient (Wildman–Crippen LogP) is 3.28. The van der Waals surface area contributed by atoms with Gasteiger partial charge in [0.25, 0.3) is 0 Å². The van der Waals surface area contributed by atoms with Gasteiger partial charge in [0.05, 0.1) is 0 Å². The molecule has 0 heterocycles. The van der Waals surface area contributed by atoms with Crippen LogP contribution < -0.4 is 0 Å². The van der Waals surface area contributed by atoms with Crippen LogP contribution in [0.15, 0.2) is 4.52 Å². The molecule has 0 aliphatic heterocycles. The third-order valence-corrected chi connectivity index (χ3v) is 2.72. The van der Waals surface area contributed by atoms with Crippen LogP contribution in [-0.2, 0) is 0 Å². The summed E-state index contributed by atoms with van der Waals surface area (Å²) in [6.45, 7) is 0. The van der Waals surface area contributed by atoms with E-state index >= 15 is 0 Å². The Balaban J connectivity index is 2.19. The second-order valence-electron chi connectivity index (χ2n) is 2.54. The summed E-state index contributed by atoms with van der Waals surface area (Å²) in [5.41, 5.74) is 8.03. The Bertz CT molecular complexity index is 136. The molecule has 3 nitrogen and oxygen atoms in total. The first-order valence-electron chi connectivity index (χ1n) is 3.63. The van der Waals surface area contributed by atoms with E-state index in [1.54, 1.807) is 0 Å². The van der Waals surface area contributed by atoms with E-state index in [9.17, 15) is 0 Å². The van der Waals surface area contributed by atoms with Gasteiger partial charge < -0.3 is 0 Å². The normalized spacial score (nSPS) is 20.0. The van der Waals surface area contributed by atoms with Crippen molar-refractivity contribution in [1.29, 1.82) is 0 Å². The van der Waals surface area contributed by atoms with E-state index in [1.165, 1.54) is 44.1 Å². The highest BCUT2D eigenvalue weighted by Gasteiger charge is 2.12. The molecule has 0 spiro atoms. The van der Waals surface area contributed by atoms with E-state index in [-0.39, 0.29) is 0 Å². The van der Waals surface area contributed by atoms with Crippen molar-refractivity contribution in [3.05, 3.63) is 10.4 Å². The molecule has 4 heteroatoms. The van der Waals surface area contributed by atoms with Crippen LogP contribution in [0.5, 0.6) is 0 Å². The number of azide groups is 1. The van der Waals surface area contributed by atoms with E-state index in [0.717, 1.165) is 0 Å². The summed E-state index contributed by atoms with van der Waals surface area (Å²) in [5.74, 6) is 0. The van der Waals surface area contributed by atoms with Crippen molar-refractivity contribution in [3.63, 3.8) is 0 Å². The molecule has 1 saturated carbocycles. The predicted molar refractivity (Wildman–Crippen MR) is 43.6 cm³/mol. The minimum Gasteiger partial charge on any atom is -0.0632 e. The van der Waals surface area contributed by atoms with Crippen molar-refractivity contribution in [1.82, 2.24) is 0 Å². The first-order valence-corrected chi connectivity index (χ1v) is 4.47. The number of nitrogens with zero attached hydrogens (tertiary/aromatic N) is 3. The standard InChI is InChI=1S/C6H11N3S/c7-8-9-10-6-4-2-1-3-5-6/h6H,1-5H2. The average molecular weight is 157 g/mol. The van der Waals surface area contributed by atoms with Gasteiger partial charge in [0.2, 0.25) is 0 Å². The quantitative estimate of drug-likeness (QED) is 0.262. The van der Waals surface area contributed by atoms with Crippen LogP contribution in [0.25, 0.3) is 10.4 Å². The van der Waals surface area contributed by atoms with Gasteiger partial charge in [0, 0.05) is 10.2 Å². The summed E-state index contributed by atoms with van der Waals surface area (Å²) in [6.07, 6.45) is 6.41. The van der Waals surface area contributed by atoms with Gasteiger partial charge in [-0.15, -0.1) is 0 Å². The van der Waals surface area contributed by atoms with Crippen LogP contribution in [-0.4, -0.2) is 5.25 Å². The van der Waals surface area contributed by atoms with Crippen molar-refractivity contribution < 1.29 is 0 Å². The SMILES string of the molecule is [N-]=[N+]=NSC1CCCCC1. The molecule has 0 aromatic carbocycles. The minimum atomic E-state index is 0.602. The summed E-state index contributed by atoms with van der Waals surface area (Å²) in [5, 5.41) is 0.602. The second-order valence-corrected chi connectivity index (χ2v) is 3.58. The Labute approximate surface area is 65.0 Å². The van der Waals surface area contributed by atoms with E-state index in [2.05, 4.69) is 9.43 Å². The van der Waals surface area contributed by atoms with Gasteiger partial charge >= 0.3 is 0 Å². The lowest BCUT2D eigenvalue weighted by atomic mass is 10.0. The van der Waals surface area contributed by atoms with Crippen LogP contribution in [0.4, 0.5) is 0 Å². The Morgan fingerprint density at radius 3 is 2.60 bits per heavy atom. The summed E-state index contributed by atoms with van der Waals surface area (Å²) >= 11 is 1.41. The monoisotopic (exact) mass is 157 g/mol. The fourth-order valence-electron chi connectivity index (χ4n) is 1.26. The maximum absolute atomic E-state index is 8.03. The summed E-state index contributed by atoms with van der Waals surface area (Å²) < 4.78 is 3.49. The largest absolute Gasteiger partial charge is 0.0632 e. The molecule has 0 aromatic heterocycles. The minimum absolute atomic E-state index is 0.602. The van der Waals surface area contributed by atoms with Gasteiger partial charge in [-0.05, 0) is 22.9 Å². The lowest BCUT2D eigenvalue weighted by Crippen LogP contribution is -2.06. The Hall–Kier alpha value is -0.340. The van der Waals surface area contributed by atoms with Crippen molar-refractivity contribution >= 4 is 11.9 Å². The highest BCUT2D eigenvalue weighted by molar-refractivity contribution is 7.98. The number of rotatable bonds is 2. The Morgan fingerprint density at radius 2 is 2.00 bits per heavy atom. The zero-order chi connectivity index (χ0) is 7.23. The van der Waals surface area contributed by atoms with Gasteiger partial charge in [0.1, 0.15) is 0 Å². The van der Waals surface area contributed by atoms with Gasteiger partial charge in [-0.3, -0.25) is 0 Å². The molecular formula is C6H11N3S. The van der Waals surface area contributed by atoms with Crippen molar-refractivity contribution in [2.75, 3.05) is 0 Å². The molecule has 0 unspecified atom stereocenters. The van der Waals surface area contributed by atoms with Gasteiger partial charge in [-0.1, -0.05) is 31.2 Å².